The van der Waals surface area contributed by atoms with E-state index in [4.69, 9.17) is 5.26 Å². The molecule has 4 aliphatic rings. The van der Waals surface area contributed by atoms with E-state index < -0.39 is 0 Å². The second kappa shape index (κ2) is 5.07. The van der Waals surface area contributed by atoms with Gasteiger partial charge in [0.25, 0.3) is 0 Å². The molecular formula is C17H26N2O. The van der Waals surface area contributed by atoms with Crippen molar-refractivity contribution in [1.29, 1.82) is 5.26 Å². The van der Waals surface area contributed by atoms with E-state index >= 15 is 0 Å². The summed E-state index contributed by atoms with van der Waals surface area (Å²) in [6.07, 6.45) is 10.2. The van der Waals surface area contributed by atoms with Gasteiger partial charge < -0.3 is 10.0 Å². The Labute approximate surface area is 122 Å². The molecule has 1 N–H and O–H groups in total. The van der Waals surface area contributed by atoms with Gasteiger partial charge >= 0.3 is 0 Å². The van der Waals surface area contributed by atoms with Gasteiger partial charge in [-0.1, -0.05) is 0 Å². The van der Waals surface area contributed by atoms with Crippen LogP contribution < -0.4 is 0 Å². The predicted molar refractivity (Wildman–Crippen MR) is 78.6 cm³/mol. The van der Waals surface area contributed by atoms with Crippen LogP contribution in [-0.2, 0) is 0 Å². The van der Waals surface area contributed by atoms with Gasteiger partial charge in [-0.05, 0) is 74.2 Å². The maximum absolute atomic E-state index is 10.8. The van der Waals surface area contributed by atoms with Crippen molar-refractivity contribution < 1.29 is 5.11 Å². The quantitative estimate of drug-likeness (QED) is 0.802. The SMILES string of the molecule is CN(C)/C(C#N)=C/CC(O)C12CC3CC(CC(C3)C1)C2. The Balaban J connectivity index is 1.71. The molecule has 0 radical (unpaired) electrons. The van der Waals surface area contributed by atoms with Crippen LogP contribution in [0.4, 0.5) is 0 Å². The highest BCUT2D eigenvalue weighted by atomic mass is 16.3. The van der Waals surface area contributed by atoms with Gasteiger partial charge in [0, 0.05) is 14.1 Å². The third kappa shape index (κ3) is 2.35. The normalized spacial score (nSPS) is 40.5. The molecule has 0 aromatic carbocycles. The van der Waals surface area contributed by atoms with Crippen LogP contribution in [-0.4, -0.2) is 30.2 Å². The number of allylic oxidation sites excluding steroid dienone is 1. The molecule has 4 rings (SSSR count). The Morgan fingerprint density at radius 1 is 1.25 bits per heavy atom. The van der Waals surface area contributed by atoms with Crippen molar-refractivity contribution in [3.63, 3.8) is 0 Å². The van der Waals surface area contributed by atoms with Gasteiger partial charge in [0.2, 0.25) is 0 Å². The summed E-state index contributed by atoms with van der Waals surface area (Å²) in [7, 11) is 3.76. The molecule has 0 spiro atoms. The Bertz CT molecular complexity index is 411. The Morgan fingerprint density at radius 3 is 2.15 bits per heavy atom. The second-order valence-corrected chi connectivity index (χ2v) is 7.63. The zero-order valence-electron chi connectivity index (χ0n) is 12.7. The fourth-order valence-electron chi connectivity index (χ4n) is 5.39. The summed E-state index contributed by atoms with van der Waals surface area (Å²) in [5.41, 5.74) is 0.826. The molecule has 0 aliphatic heterocycles. The molecule has 4 bridgehead atoms. The molecule has 3 nitrogen and oxygen atoms in total. The van der Waals surface area contributed by atoms with Crippen molar-refractivity contribution in [2.24, 2.45) is 23.2 Å². The zero-order chi connectivity index (χ0) is 14.3. The lowest BCUT2D eigenvalue weighted by atomic mass is 9.48. The van der Waals surface area contributed by atoms with Crippen molar-refractivity contribution in [2.45, 2.75) is 51.0 Å². The summed E-state index contributed by atoms with van der Waals surface area (Å²) in [6, 6.07) is 2.21. The van der Waals surface area contributed by atoms with Gasteiger partial charge in [-0.3, -0.25) is 0 Å². The molecule has 0 saturated heterocycles. The zero-order valence-corrected chi connectivity index (χ0v) is 12.7. The van der Waals surface area contributed by atoms with Crippen LogP contribution in [0.5, 0.6) is 0 Å². The molecule has 3 heteroatoms. The summed E-state index contributed by atoms with van der Waals surface area (Å²) >= 11 is 0. The topological polar surface area (TPSA) is 47.3 Å². The number of hydrogen-bond acceptors (Lipinski definition) is 3. The number of nitrogens with zero attached hydrogens (tertiary/aromatic N) is 2. The van der Waals surface area contributed by atoms with Crippen LogP contribution in [0.15, 0.2) is 11.8 Å². The maximum atomic E-state index is 10.8. The largest absolute Gasteiger partial charge is 0.392 e. The molecule has 20 heavy (non-hydrogen) atoms. The summed E-state index contributed by atoms with van der Waals surface area (Å²) in [4.78, 5) is 1.83. The first-order chi connectivity index (χ1) is 9.52. The lowest BCUT2D eigenvalue weighted by Crippen LogP contribution is -2.51. The molecule has 4 aliphatic carbocycles. The Hall–Kier alpha value is -1.01. The maximum Gasteiger partial charge on any atom is 0.117 e. The first kappa shape index (κ1) is 13.9. The van der Waals surface area contributed by atoms with E-state index in [9.17, 15) is 5.11 Å². The number of rotatable bonds is 4. The molecule has 0 aromatic rings. The molecule has 0 aromatic heterocycles. The summed E-state index contributed by atoms with van der Waals surface area (Å²) in [5, 5.41) is 19.9. The van der Waals surface area contributed by atoms with Crippen molar-refractivity contribution in [1.82, 2.24) is 4.90 Å². The van der Waals surface area contributed by atoms with Crippen LogP contribution in [0.1, 0.15) is 44.9 Å². The molecule has 0 heterocycles. The van der Waals surface area contributed by atoms with Crippen molar-refractivity contribution in [2.75, 3.05) is 14.1 Å². The smallest absolute Gasteiger partial charge is 0.117 e. The lowest BCUT2D eigenvalue weighted by molar-refractivity contribution is -0.118. The minimum atomic E-state index is -0.265. The van der Waals surface area contributed by atoms with Crippen molar-refractivity contribution >= 4 is 0 Å². The third-order valence-corrected chi connectivity index (χ3v) is 5.92. The molecule has 110 valence electrons. The van der Waals surface area contributed by atoms with E-state index in [1.54, 1.807) is 0 Å². The van der Waals surface area contributed by atoms with Crippen LogP contribution >= 0.6 is 0 Å². The first-order valence-corrected chi connectivity index (χ1v) is 7.98. The molecule has 1 unspecified atom stereocenters. The van der Waals surface area contributed by atoms with E-state index in [1.165, 1.54) is 38.5 Å². The summed E-state index contributed by atoms with van der Waals surface area (Å²) in [6.45, 7) is 0. The predicted octanol–water partition coefficient (Wildman–Crippen LogP) is 2.92. The Kier molecular flexibility index (Phi) is 3.54. The van der Waals surface area contributed by atoms with E-state index in [-0.39, 0.29) is 11.5 Å². The number of nitriles is 1. The van der Waals surface area contributed by atoms with Gasteiger partial charge in [0.05, 0.1) is 6.10 Å². The summed E-state index contributed by atoms with van der Waals surface area (Å²) in [5.74, 6) is 2.59. The summed E-state index contributed by atoms with van der Waals surface area (Å²) < 4.78 is 0. The van der Waals surface area contributed by atoms with Gasteiger partial charge in [0.1, 0.15) is 11.8 Å². The number of aliphatic hydroxyl groups excluding tert-OH is 1. The fourth-order valence-corrected chi connectivity index (χ4v) is 5.39. The van der Waals surface area contributed by atoms with E-state index in [2.05, 4.69) is 6.07 Å². The first-order valence-electron chi connectivity index (χ1n) is 7.98. The van der Waals surface area contributed by atoms with Crippen LogP contribution in [0, 0.1) is 34.5 Å². The van der Waals surface area contributed by atoms with Gasteiger partial charge in [-0.25, -0.2) is 0 Å². The molecular weight excluding hydrogens is 248 g/mol. The average Bonchev–Trinajstić information content (AvgIpc) is 2.37. The third-order valence-electron chi connectivity index (χ3n) is 5.92. The van der Waals surface area contributed by atoms with Crippen molar-refractivity contribution in [3.05, 3.63) is 11.8 Å². The van der Waals surface area contributed by atoms with E-state index in [1.807, 2.05) is 25.1 Å². The number of aliphatic hydroxyl groups is 1. The van der Waals surface area contributed by atoms with E-state index in [0.717, 1.165) is 17.8 Å². The monoisotopic (exact) mass is 274 g/mol. The van der Waals surface area contributed by atoms with Gasteiger partial charge in [-0.15, -0.1) is 0 Å². The average molecular weight is 274 g/mol. The highest BCUT2D eigenvalue weighted by molar-refractivity contribution is 5.19. The minimum Gasteiger partial charge on any atom is -0.392 e. The molecule has 1 atom stereocenters. The fraction of sp³-hybridized carbons (Fsp3) is 0.824. The van der Waals surface area contributed by atoms with Gasteiger partial charge in [-0.2, -0.15) is 5.26 Å². The van der Waals surface area contributed by atoms with Crippen molar-refractivity contribution in [3.8, 4) is 6.07 Å². The number of hydrogen-bond donors (Lipinski definition) is 1. The second-order valence-electron chi connectivity index (χ2n) is 7.63. The van der Waals surface area contributed by atoms with Gasteiger partial charge in [0.15, 0.2) is 0 Å². The van der Waals surface area contributed by atoms with Crippen LogP contribution in [0.25, 0.3) is 0 Å². The lowest BCUT2D eigenvalue weighted by Gasteiger charge is -2.58. The van der Waals surface area contributed by atoms with Crippen LogP contribution in [0.2, 0.25) is 0 Å². The highest BCUT2D eigenvalue weighted by Gasteiger charge is 2.53. The molecule has 4 saturated carbocycles. The highest BCUT2D eigenvalue weighted by Crippen LogP contribution is 2.61. The standard InChI is InChI=1S/C17H26N2O/c1-19(2)15(11-18)3-4-16(20)17-8-12-5-13(9-17)7-14(6-12)10-17/h3,12-14,16,20H,4-10H2,1-2H3/b15-3+. The van der Waals surface area contributed by atoms with E-state index in [0.29, 0.717) is 12.1 Å². The minimum absolute atomic E-state index is 0.165. The van der Waals surface area contributed by atoms with Crippen LogP contribution in [0.3, 0.4) is 0 Å². The Morgan fingerprint density at radius 2 is 1.75 bits per heavy atom. The molecule has 4 fully saturated rings. The molecule has 0 amide bonds.